The maximum atomic E-state index is 13.6. The van der Waals surface area contributed by atoms with E-state index in [0.29, 0.717) is 12.2 Å². The molecule has 2 N–H and O–H groups in total. The molecule has 1 aromatic rings. The van der Waals surface area contributed by atoms with Gasteiger partial charge in [0.25, 0.3) is 0 Å². The van der Waals surface area contributed by atoms with Crippen LogP contribution < -0.4 is 10.5 Å². The van der Waals surface area contributed by atoms with Gasteiger partial charge in [0, 0.05) is 12.2 Å². The third-order valence-corrected chi connectivity index (χ3v) is 2.96. The lowest BCUT2D eigenvalue weighted by Gasteiger charge is -2.22. The second-order valence-corrected chi connectivity index (χ2v) is 4.45. The zero-order chi connectivity index (χ0) is 13.5. The summed E-state index contributed by atoms with van der Waals surface area (Å²) >= 11 is 0. The number of ether oxygens (including phenoxy) is 2. The average molecular weight is 263 g/mol. The minimum absolute atomic E-state index is 0.0620. The van der Waals surface area contributed by atoms with Crippen molar-refractivity contribution in [2.45, 2.75) is 25.4 Å². The largest absolute Gasteiger partial charge is 0.488 e. The second kappa shape index (κ2) is 7.13. The third kappa shape index (κ3) is 4.23. The van der Waals surface area contributed by atoms with Crippen LogP contribution in [0.15, 0.2) is 18.2 Å². The van der Waals surface area contributed by atoms with Crippen molar-refractivity contribution in [1.29, 1.82) is 0 Å². The highest BCUT2D eigenvalue weighted by molar-refractivity contribution is 5.40. The van der Waals surface area contributed by atoms with Crippen LogP contribution in [0.1, 0.15) is 24.8 Å². The summed E-state index contributed by atoms with van der Waals surface area (Å²) < 4.78 is 24.6. The maximum absolute atomic E-state index is 13.6. The number of rotatable bonds is 3. The summed E-state index contributed by atoms with van der Waals surface area (Å²) in [5.74, 6) is 5.43. The van der Waals surface area contributed by atoms with Crippen molar-refractivity contribution in [2.24, 2.45) is 5.73 Å². The topological polar surface area (TPSA) is 44.5 Å². The molecular formula is C15H18FNO2. The molecule has 0 radical (unpaired) electrons. The van der Waals surface area contributed by atoms with Crippen molar-refractivity contribution in [3.05, 3.63) is 29.6 Å². The molecule has 1 aliphatic rings. The Morgan fingerprint density at radius 3 is 3.05 bits per heavy atom. The lowest BCUT2D eigenvalue weighted by atomic mass is 10.1. The van der Waals surface area contributed by atoms with Crippen LogP contribution in [0.25, 0.3) is 0 Å². The lowest BCUT2D eigenvalue weighted by Crippen LogP contribution is -2.26. The van der Waals surface area contributed by atoms with Gasteiger partial charge in [-0.1, -0.05) is 11.8 Å². The molecule has 1 aromatic carbocycles. The summed E-state index contributed by atoms with van der Waals surface area (Å²) in [7, 11) is 0. The molecule has 0 aromatic heterocycles. The summed E-state index contributed by atoms with van der Waals surface area (Å²) in [6, 6.07) is 4.57. The van der Waals surface area contributed by atoms with E-state index in [1.54, 1.807) is 12.1 Å². The first-order chi connectivity index (χ1) is 9.29. The van der Waals surface area contributed by atoms with Gasteiger partial charge in [-0.15, -0.1) is 0 Å². The second-order valence-electron chi connectivity index (χ2n) is 4.45. The molecule has 0 spiro atoms. The quantitative estimate of drug-likeness (QED) is 0.849. The summed E-state index contributed by atoms with van der Waals surface area (Å²) in [4.78, 5) is 0. The van der Waals surface area contributed by atoms with Gasteiger partial charge >= 0.3 is 0 Å². The molecular weight excluding hydrogens is 245 g/mol. The smallest absolute Gasteiger partial charge is 0.165 e. The Hall–Kier alpha value is -1.57. The monoisotopic (exact) mass is 263 g/mol. The number of hydrogen-bond acceptors (Lipinski definition) is 3. The summed E-state index contributed by atoms with van der Waals surface area (Å²) in [5, 5.41) is 0. The number of halogens is 1. The standard InChI is InChI=1S/C15H18FNO2/c16-14-7-6-12(4-3-8-17)10-15(14)19-11-13-5-1-2-9-18-13/h6-7,10,13H,1-2,5,8-9,11,17H2. The Kier molecular flexibility index (Phi) is 5.20. The zero-order valence-electron chi connectivity index (χ0n) is 10.8. The minimum Gasteiger partial charge on any atom is -0.488 e. The summed E-state index contributed by atoms with van der Waals surface area (Å²) in [6.07, 6.45) is 3.26. The van der Waals surface area contributed by atoms with Crippen molar-refractivity contribution in [2.75, 3.05) is 19.8 Å². The van der Waals surface area contributed by atoms with Gasteiger partial charge in [-0.2, -0.15) is 0 Å². The molecule has 102 valence electrons. The van der Waals surface area contributed by atoms with Crippen molar-refractivity contribution in [1.82, 2.24) is 0 Å². The predicted octanol–water partition coefficient (Wildman–Crippen LogP) is 2.08. The fraction of sp³-hybridized carbons (Fsp3) is 0.467. The van der Waals surface area contributed by atoms with Crippen LogP contribution in [-0.4, -0.2) is 25.9 Å². The molecule has 1 heterocycles. The molecule has 1 saturated heterocycles. The van der Waals surface area contributed by atoms with E-state index >= 15 is 0 Å². The Morgan fingerprint density at radius 2 is 2.32 bits per heavy atom. The number of hydrogen-bond donors (Lipinski definition) is 1. The highest BCUT2D eigenvalue weighted by Gasteiger charge is 2.15. The van der Waals surface area contributed by atoms with E-state index in [1.165, 1.54) is 6.07 Å². The lowest BCUT2D eigenvalue weighted by molar-refractivity contribution is -0.0117. The highest BCUT2D eigenvalue weighted by Crippen LogP contribution is 2.20. The Morgan fingerprint density at radius 1 is 1.42 bits per heavy atom. The number of nitrogens with two attached hydrogens (primary N) is 1. The van der Waals surface area contributed by atoms with E-state index in [2.05, 4.69) is 11.8 Å². The predicted molar refractivity (Wildman–Crippen MR) is 71.4 cm³/mol. The van der Waals surface area contributed by atoms with Crippen LogP contribution in [-0.2, 0) is 4.74 Å². The summed E-state index contributed by atoms with van der Waals surface area (Å²) in [5.41, 5.74) is 6.01. The molecule has 1 fully saturated rings. The maximum Gasteiger partial charge on any atom is 0.165 e. The molecule has 19 heavy (non-hydrogen) atoms. The molecule has 1 atom stereocenters. The molecule has 4 heteroatoms. The van der Waals surface area contributed by atoms with Crippen LogP contribution in [0.3, 0.4) is 0 Å². The molecule has 0 bridgehead atoms. The first kappa shape index (κ1) is 13.9. The molecule has 2 rings (SSSR count). The van der Waals surface area contributed by atoms with Crippen molar-refractivity contribution >= 4 is 0 Å². The molecule has 0 amide bonds. The van der Waals surface area contributed by atoms with Gasteiger partial charge in [0.1, 0.15) is 6.61 Å². The zero-order valence-corrected chi connectivity index (χ0v) is 10.8. The van der Waals surface area contributed by atoms with Gasteiger partial charge in [-0.25, -0.2) is 4.39 Å². The highest BCUT2D eigenvalue weighted by atomic mass is 19.1. The van der Waals surface area contributed by atoms with Gasteiger partial charge in [-0.05, 0) is 37.5 Å². The van der Waals surface area contributed by atoms with E-state index in [-0.39, 0.29) is 24.2 Å². The molecule has 0 aliphatic carbocycles. The van der Waals surface area contributed by atoms with E-state index in [1.807, 2.05) is 0 Å². The first-order valence-electron chi connectivity index (χ1n) is 6.52. The molecule has 1 aliphatic heterocycles. The van der Waals surface area contributed by atoms with Gasteiger partial charge < -0.3 is 15.2 Å². The van der Waals surface area contributed by atoms with Gasteiger partial charge in [0.2, 0.25) is 0 Å². The molecule has 3 nitrogen and oxygen atoms in total. The third-order valence-electron chi connectivity index (χ3n) is 2.96. The van der Waals surface area contributed by atoms with Crippen LogP contribution in [0, 0.1) is 17.7 Å². The average Bonchev–Trinajstić information content (AvgIpc) is 2.46. The van der Waals surface area contributed by atoms with E-state index in [0.717, 1.165) is 25.9 Å². The van der Waals surface area contributed by atoms with E-state index < -0.39 is 0 Å². The fourth-order valence-corrected chi connectivity index (χ4v) is 1.97. The van der Waals surface area contributed by atoms with Gasteiger partial charge in [0.05, 0.1) is 12.6 Å². The normalized spacial score (nSPS) is 18.5. The van der Waals surface area contributed by atoms with Crippen LogP contribution in [0.5, 0.6) is 5.75 Å². The van der Waals surface area contributed by atoms with Gasteiger partial charge in [0.15, 0.2) is 11.6 Å². The van der Waals surface area contributed by atoms with E-state index in [9.17, 15) is 4.39 Å². The Bertz CT molecular complexity index is 473. The van der Waals surface area contributed by atoms with Gasteiger partial charge in [-0.3, -0.25) is 0 Å². The Labute approximate surface area is 112 Å². The molecule has 1 unspecified atom stereocenters. The SMILES string of the molecule is NCC#Cc1ccc(F)c(OCC2CCCCO2)c1. The first-order valence-corrected chi connectivity index (χ1v) is 6.52. The molecule has 0 saturated carbocycles. The van der Waals surface area contributed by atoms with Crippen molar-refractivity contribution in [3.63, 3.8) is 0 Å². The van der Waals surface area contributed by atoms with Crippen LogP contribution in [0.4, 0.5) is 4.39 Å². The summed E-state index contributed by atoms with van der Waals surface area (Å²) in [6.45, 7) is 1.42. The van der Waals surface area contributed by atoms with Crippen molar-refractivity contribution in [3.8, 4) is 17.6 Å². The van der Waals surface area contributed by atoms with Crippen LogP contribution in [0.2, 0.25) is 0 Å². The Balaban J connectivity index is 1.98. The van der Waals surface area contributed by atoms with Crippen LogP contribution >= 0.6 is 0 Å². The van der Waals surface area contributed by atoms with Crippen molar-refractivity contribution < 1.29 is 13.9 Å². The minimum atomic E-state index is -0.380. The van der Waals surface area contributed by atoms with E-state index in [4.69, 9.17) is 15.2 Å². The number of benzene rings is 1. The fourth-order valence-electron chi connectivity index (χ4n) is 1.97.